The summed E-state index contributed by atoms with van der Waals surface area (Å²) >= 11 is 0. The van der Waals surface area contributed by atoms with E-state index in [2.05, 4.69) is 133 Å². The van der Waals surface area contributed by atoms with Gasteiger partial charge in [-0.2, -0.15) is 0 Å². The number of hydrogen-bond donors (Lipinski definition) is 0. The molecule has 0 aliphatic rings. The molecule has 0 aliphatic carbocycles. The highest BCUT2D eigenvalue weighted by atomic mass is 16.3. The van der Waals surface area contributed by atoms with Crippen molar-refractivity contribution in [3.8, 4) is 56.4 Å². The summed E-state index contributed by atoms with van der Waals surface area (Å²) in [7, 11) is 0. The van der Waals surface area contributed by atoms with E-state index in [1.165, 1.54) is 37.9 Å². The van der Waals surface area contributed by atoms with Crippen LogP contribution < -0.4 is 0 Å². The summed E-state index contributed by atoms with van der Waals surface area (Å²) in [6.45, 7) is 0. The summed E-state index contributed by atoms with van der Waals surface area (Å²) in [4.78, 5) is 15.2. The summed E-state index contributed by atoms with van der Waals surface area (Å²) in [5.41, 5.74) is 9.02. The molecule has 0 saturated heterocycles. The van der Waals surface area contributed by atoms with E-state index >= 15 is 0 Å². The van der Waals surface area contributed by atoms with E-state index in [1.807, 2.05) is 54.6 Å². The predicted octanol–water partition coefficient (Wildman–Crippen LogP) is 13.6. The van der Waals surface area contributed by atoms with Crippen LogP contribution in [0.1, 0.15) is 0 Å². The van der Waals surface area contributed by atoms with E-state index < -0.39 is 0 Å². The first-order valence-electron chi connectivity index (χ1n) is 18.5. The van der Waals surface area contributed by atoms with Crippen molar-refractivity contribution in [2.24, 2.45) is 0 Å². The van der Waals surface area contributed by atoms with Crippen molar-refractivity contribution in [2.45, 2.75) is 0 Å². The second kappa shape index (κ2) is 12.6. The molecular weight excluding hydrogens is 671 g/mol. The number of nitrogens with zero attached hydrogens (tertiary/aromatic N) is 3. The summed E-state index contributed by atoms with van der Waals surface area (Å²) in [6, 6.07) is 65.8. The van der Waals surface area contributed by atoms with Crippen molar-refractivity contribution in [1.29, 1.82) is 0 Å². The number of hydrogen-bond acceptors (Lipinski definition) is 4. The Morgan fingerprint density at radius 2 is 0.855 bits per heavy atom. The number of furan rings is 1. The van der Waals surface area contributed by atoms with Gasteiger partial charge in [-0.25, -0.2) is 15.0 Å². The number of para-hydroxylation sites is 1. The second-order valence-corrected chi connectivity index (χ2v) is 14.0. The van der Waals surface area contributed by atoms with Gasteiger partial charge in [0.2, 0.25) is 0 Å². The van der Waals surface area contributed by atoms with Crippen molar-refractivity contribution in [3.63, 3.8) is 0 Å². The van der Waals surface area contributed by atoms with Crippen LogP contribution in [0.5, 0.6) is 0 Å². The molecule has 0 fully saturated rings. The molecule has 0 saturated carbocycles. The third-order valence-electron chi connectivity index (χ3n) is 10.7. The molecule has 9 aromatic carbocycles. The van der Waals surface area contributed by atoms with E-state index in [0.29, 0.717) is 17.5 Å². The molecule has 4 heteroatoms. The zero-order valence-corrected chi connectivity index (χ0v) is 29.6. The first kappa shape index (κ1) is 31.1. The average molecular weight is 702 g/mol. The average Bonchev–Trinajstić information content (AvgIpc) is 3.65. The molecule has 2 aromatic heterocycles. The quantitative estimate of drug-likeness (QED) is 0.168. The fourth-order valence-corrected chi connectivity index (χ4v) is 8.11. The number of benzene rings is 9. The van der Waals surface area contributed by atoms with Crippen LogP contribution in [0.25, 0.3) is 111 Å². The van der Waals surface area contributed by atoms with Crippen LogP contribution in [0, 0.1) is 0 Å². The summed E-state index contributed by atoms with van der Waals surface area (Å²) < 4.78 is 6.22. The topological polar surface area (TPSA) is 51.8 Å². The Balaban J connectivity index is 1.03. The van der Waals surface area contributed by atoms with E-state index in [4.69, 9.17) is 19.4 Å². The molecule has 0 amide bonds. The fourth-order valence-electron chi connectivity index (χ4n) is 8.11. The Labute approximate surface area is 317 Å². The molecule has 0 unspecified atom stereocenters. The van der Waals surface area contributed by atoms with Gasteiger partial charge in [-0.1, -0.05) is 164 Å². The van der Waals surface area contributed by atoms with Gasteiger partial charge in [-0.15, -0.1) is 0 Å². The molecule has 0 atom stereocenters. The highest BCUT2D eigenvalue weighted by Gasteiger charge is 2.17. The second-order valence-electron chi connectivity index (χ2n) is 14.0. The van der Waals surface area contributed by atoms with E-state index in [-0.39, 0.29) is 0 Å². The van der Waals surface area contributed by atoms with Crippen molar-refractivity contribution >= 4 is 54.3 Å². The van der Waals surface area contributed by atoms with Crippen molar-refractivity contribution in [3.05, 3.63) is 188 Å². The maximum Gasteiger partial charge on any atom is 0.164 e. The van der Waals surface area contributed by atoms with Crippen LogP contribution in [-0.4, -0.2) is 15.0 Å². The molecule has 55 heavy (non-hydrogen) atoms. The van der Waals surface area contributed by atoms with Gasteiger partial charge in [0, 0.05) is 27.5 Å². The zero-order valence-electron chi connectivity index (χ0n) is 29.6. The molecule has 0 bridgehead atoms. The SMILES string of the molecule is c1ccc(-c2nc(-c3ccc(-c4cc5ccc6ccccc6c5c5ccccc45)cc3)nc(-c3cccc(-c4cccc5oc6ccccc6c45)c3)n2)cc1. The molecule has 11 rings (SSSR count). The van der Waals surface area contributed by atoms with Crippen LogP contribution in [0.2, 0.25) is 0 Å². The lowest BCUT2D eigenvalue weighted by molar-refractivity contribution is 0.669. The minimum Gasteiger partial charge on any atom is -0.456 e. The van der Waals surface area contributed by atoms with Crippen LogP contribution in [-0.2, 0) is 0 Å². The van der Waals surface area contributed by atoms with Crippen LogP contribution in [0.3, 0.4) is 0 Å². The van der Waals surface area contributed by atoms with Gasteiger partial charge in [0.25, 0.3) is 0 Å². The van der Waals surface area contributed by atoms with Crippen molar-refractivity contribution in [2.75, 3.05) is 0 Å². The molecule has 0 spiro atoms. The lowest BCUT2D eigenvalue weighted by atomic mass is 9.90. The van der Waals surface area contributed by atoms with Gasteiger partial charge in [-0.3, -0.25) is 0 Å². The van der Waals surface area contributed by atoms with Crippen LogP contribution in [0.15, 0.2) is 192 Å². The highest BCUT2D eigenvalue weighted by Crippen LogP contribution is 2.40. The molecular formula is C51H31N3O. The van der Waals surface area contributed by atoms with Crippen molar-refractivity contribution in [1.82, 2.24) is 15.0 Å². The molecule has 0 aliphatic heterocycles. The van der Waals surface area contributed by atoms with Crippen LogP contribution in [0.4, 0.5) is 0 Å². The molecule has 0 N–H and O–H groups in total. The molecule has 0 radical (unpaired) electrons. The number of aromatic nitrogens is 3. The van der Waals surface area contributed by atoms with Gasteiger partial charge in [0.05, 0.1) is 0 Å². The minimum atomic E-state index is 0.617. The largest absolute Gasteiger partial charge is 0.456 e. The smallest absolute Gasteiger partial charge is 0.164 e. The Bertz CT molecular complexity index is 3260. The highest BCUT2D eigenvalue weighted by molar-refractivity contribution is 6.23. The maximum atomic E-state index is 6.22. The monoisotopic (exact) mass is 701 g/mol. The summed E-state index contributed by atoms with van der Waals surface area (Å²) in [5.74, 6) is 1.87. The Kier molecular flexibility index (Phi) is 7.14. The van der Waals surface area contributed by atoms with Gasteiger partial charge in [0.15, 0.2) is 17.5 Å². The van der Waals surface area contributed by atoms with E-state index in [0.717, 1.165) is 55.3 Å². The molecule has 4 nitrogen and oxygen atoms in total. The zero-order chi connectivity index (χ0) is 36.3. The van der Waals surface area contributed by atoms with E-state index in [9.17, 15) is 0 Å². The molecule has 256 valence electrons. The number of fused-ring (bicyclic) bond motifs is 8. The first-order chi connectivity index (χ1) is 27.2. The fraction of sp³-hybridized carbons (Fsp3) is 0. The van der Waals surface area contributed by atoms with Crippen LogP contribution >= 0.6 is 0 Å². The van der Waals surface area contributed by atoms with Gasteiger partial charge < -0.3 is 4.42 Å². The Morgan fingerprint density at radius 3 is 1.67 bits per heavy atom. The third-order valence-corrected chi connectivity index (χ3v) is 10.7. The third kappa shape index (κ3) is 5.26. The maximum absolute atomic E-state index is 6.22. The normalized spacial score (nSPS) is 11.6. The molecule has 11 aromatic rings. The summed E-state index contributed by atoms with van der Waals surface area (Å²) in [5, 5.41) is 9.72. The van der Waals surface area contributed by atoms with Gasteiger partial charge in [0.1, 0.15) is 11.2 Å². The minimum absolute atomic E-state index is 0.617. The predicted molar refractivity (Wildman–Crippen MR) is 227 cm³/mol. The lowest BCUT2D eigenvalue weighted by Gasteiger charge is -2.14. The lowest BCUT2D eigenvalue weighted by Crippen LogP contribution is -2.00. The van der Waals surface area contributed by atoms with Gasteiger partial charge >= 0.3 is 0 Å². The van der Waals surface area contributed by atoms with Gasteiger partial charge in [-0.05, 0) is 78.8 Å². The van der Waals surface area contributed by atoms with E-state index in [1.54, 1.807) is 0 Å². The summed E-state index contributed by atoms with van der Waals surface area (Å²) in [6.07, 6.45) is 0. The number of rotatable bonds is 5. The van der Waals surface area contributed by atoms with Crippen molar-refractivity contribution < 1.29 is 4.42 Å². The first-order valence-corrected chi connectivity index (χ1v) is 18.5. The Hall–Kier alpha value is -7.43. The molecule has 2 heterocycles. The standard InChI is InChI=1S/C51H31N3O/c1-2-13-34(14-3-1)49-52-50(54-51(53-49)38-16-10-15-36(30-38)40-21-11-23-46-48(40)43-20-8-9-22-45(43)55-46)35-27-24-33(25-28-35)44-31-37-29-26-32-12-4-5-17-39(32)47(37)42-19-7-6-18-41(42)44/h1-31H. The Morgan fingerprint density at radius 1 is 0.291 bits per heavy atom.